The van der Waals surface area contributed by atoms with Crippen LogP contribution < -0.4 is 14.8 Å². The maximum Gasteiger partial charge on any atom is 0.243 e. The van der Waals surface area contributed by atoms with Crippen molar-refractivity contribution >= 4 is 56.2 Å². The van der Waals surface area contributed by atoms with E-state index in [4.69, 9.17) is 23.6 Å². The number of amides is 1. The number of carbonyl (C=O) groups excluding carboxylic acids is 1. The predicted molar refractivity (Wildman–Crippen MR) is 161 cm³/mol. The van der Waals surface area contributed by atoms with Gasteiger partial charge in [0.25, 0.3) is 0 Å². The Bertz CT molecular complexity index is 1650. The Balaban J connectivity index is 1.30. The first kappa shape index (κ1) is 27.0. The second-order valence-corrected chi connectivity index (χ2v) is 9.75. The zero-order valence-electron chi connectivity index (χ0n) is 22.0. The van der Waals surface area contributed by atoms with E-state index in [0.29, 0.717) is 53.2 Å². The molecule has 0 atom stereocenters. The number of benzene rings is 3. The molecule has 0 aliphatic carbocycles. The lowest BCUT2D eigenvalue weighted by molar-refractivity contribution is -0.116. The molecule has 5 rings (SSSR count). The van der Waals surface area contributed by atoms with Crippen LogP contribution in [0.2, 0.25) is 0 Å². The van der Waals surface area contributed by atoms with E-state index in [1.54, 1.807) is 26.4 Å². The monoisotopic (exact) mass is 598 g/mol. The highest BCUT2D eigenvalue weighted by atomic mass is 79.9. The summed E-state index contributed by atoms with van der Waals surface area (Å²) < 4.78 is 23.7. The van der Waals surface area contributed by atoms with Crippen LogP contribution in [-0.2, 0) is 16.0 Å². The minimum absolute atomic E-state index is 0.222. The fraction of sp³-hybridized carbons (Fsp3) is 0.125. The van der Waals surface area contributed by atoms with Crippen LogP contribution in [0.15, 0.2) is 105 Å². The van der Waals surface area contributed by atoms with Gasteiger partial charge in [-0.05, 0) is 60.0 Å². The minimum atomic E-state index is -0.222. The number of halogens is 1. The van der Waals surface area contributed by atoms with Crippen molar-refractivity contribution in [3.8, 4) is 11.5 Å². The third kappa shape index (κ3) is 6.35. The van der Waals surface area contributed by atoms with Crippen LogP contribution in [0, 0.1) is 0 Å². The topological polar surface area (TPSA) is 82.3 Å². The lowest BCUT2D eigenvalue weighted by Crippen LogP contribution is -2.23. The number of nitrogens with zero attached hydrogens (tertiary/aromatic N) is 1. The molecule has 0 saturated carbocycles. The minimum Gasteiger partial charge on any atom is -0.493 e. The van der Waals surface area contributed by atoms with E-state index in [2.05, 4.69) is 21.2 Å². The first-order valence-corrected chi connectivity index (χ1v) is 13.4. The molecule has 0 bridgehead atoms. The first-order valence-electron chi connectivity index (χ1n) is 12.6. The third-order valence-corrected chi connectivity index (χ3v) is 6.65. The van der Waals surface area contributed by atoms with Gasteiger partial charge in [-0.25, -0.2) is 4.99 Å². The predicted octanol–water partition coefficient (Wildman–Crippen LogP) is 7.24. The van der Waals surface area contributed by atoms with Crippen molar-refractivity contribution in [2.75, 3.05) is 20.8 Å². The van der Waals surface area contributed by atoms with E-state index in [1.165, 1.54) is 6.08 Å². The highest BCUT2D eigenvalue weighted by Gasteiger charge is 2.24. The van der Waals surface area contributed by atoms with E-state index in [-0.39, 0.29) is 5.91 Å². The van der Waals surface area contributed by atoms with Crippen molar-refractivity contribution in [3.63, 3.8) is 0 Å². The molecule has 202 valence electrons. The summed E-state index contributed by atoms with van der Waals surface area (Å²) in [4.78, 5) is 17.2. The van der Waals surface area contributed by atoms with Crippen LogP contribution in [0.25, 0.3) is 22.8 Å². The third-order valence-electron chi connectivity index (χ3n) is 6.16. The van der Waals surface area contributed by atoms with Crippen molar-refractivity contribution in [1.82, 2.24) is 5.32 Å². The van der Waals surface area contributed by atoms with Gasteiger partial charge >= 0.3 is 0 Å². The standard InChI is InChI=1S/C32H27BrN2O5/c1-37-26-14-11-22(19-28(26)38-2)17-18-34-29(36)10-6-9-27-32-31(24-20-23(33)13-15-25(24)40-32)35-30(39-27)16-12-21-7-4-3-5-8-21/h3-16,19-20H,17-18H2,1-2H3,(H,34,36)/b10-6+,16-12+,27-9-. The smallest absolute Gasteiger partial charge is 0.243 e. The van der Waals surface area contributed by atoms with Crippen molar-refractivity contribution in [3.05, 3.63) is 112 Å². The number of allylic oxidation sites excluding steroid dienone is 2. The summed E-state index contributed by atoms with van der Waals surface area (Å²) in [6, 6.07) is 21.4. The lowest BCUT2D eigenvalue weighted by Gasteiger charge is -2.13. The second kappa shape index (κ2) is 12.5. The van der Waals surface area contributed by atoms with Gasteiger partial charge in [-0.15, -0.1) is 0 Å². The molecule has 0 fully saturated rings. The van der Waals surface area contributed by atoms with E-state index in [1.807, 2.05) is 78.9 Å². The number of hydrogen-bond donors (Lipinski definition) is 1. The van der Waals surface area contributed by atoms with Gasteiger partial charge in [-0.3, -0.25) is 4.79 Å². The number of furan rings is 1. The fourth-order valence-corrected chi connectivity index (χ4v) is 4.55. The number of aliphatic imine (C=N–C) groups is 1. The van der Waals surface area contributed by atoms with E-state index < -0.39 is 0 Å². The molecule has 1 amide bonds. The Kier molecular flexibility index (Phi) is 8.47. The summed E-state index contributed by atoms with van der Waals surface area (Å²) in [6.07, 6.45) is 9.19. The van der Waals surface area contributed by atoms with Gasteiger partial charge in [0.1, 0.15) is 11.3 Å². The lowest BCUT2D eigenvalue weighted by atomic mass is 10.1. The second-order valence-electron chi connectivity index (χ2n) is 8.84. The Morgan fingerprint density at radius 2 is 1.82 bits per heavy atom. The van der Waals surface area contributed by atoms with E-state index in [9.17, 15) is 4.79 Å². The molecule has 0 unspecified atom stereocenters. The molecule has 4 aromatic rings. The summed E-state index contributed by atoms with van der Waals surface area (Å²) in [5.74, 6) is 2.48. The van der Waals surface area contributed by atoms with E-state index >= 15 is 0 Å². The molecule has 3 aromatic carbocycles. The van der Waals surface area contributed by atoms with Crippen molar-refractivity contribution in [1.29, 1.82) is 0 Å². The van der Waals surface area contributed by atoms with Crippen molar-refractivity contribution < 1.29 is 23.4 Å². The Labute approximate surface area is 240 Å². The van der Waals surface area contributed by atoms with Gasteiger partial charge < -0.3 is 23.9 Å². The number of fused-ring (bicyclic) bond motifs is 3. The zero-order chi connectivity index (χ0) is 27.9. The summed E-state index contributed by atoms with van der Waals surface area (Å²) >= 11 is 3.53. The van der Waals surface area contributed by atoms with E-state index in [0.717, 1.165) is 21.0 Å². The molecule has 1 N–H and O–H groups in total. The normalized spacial score (nSPS) is 13.9. The molecule has 8 heteroatoms. The number of methoxy groups -OCH3 is 2. The summed E-state index contributed by atoms with van der Waals surface area (Å²) in [5, 5.41) is 3.76. The van der Waals surface area contributed by atoms with Gasteiger partial charge in [0.05, 0.1) is 14.2 Å². The van der Waals surface area contributed by atoms with Gasteiger partial charge in [0, 0.05) is 28.6 Å². The van der Waals surface area contributed by atoms with Crippen LogP contribution in [0.5, 0.6) is 11.5 Å². The summed E-state index contributed by atoms with van der Waals surface area (Å²) in [6.45, 7) is 0.468. The molecule has 2 heterocycles. The van der Waals surface area contributed by atoms with Crippen LogP contribution >= 0.6 is 15.9 Å². The molecule has 0 spiro atoms. The zero-order valence-corrected chi connectivity index (χ0v) is 23.6. The summed E-state index contributed by atoms with van der Waals surface area (Å²) in [5.41, 5.74) is 3.42. The maximum atomic E-state index is 12.5. The largest absolute Gasteiger partial charge is 0.493 e. The molecular formula is C32H27BrN2O5. The number of rotatable bonds is 9. The molecule has 40 heavy (non-hydrogen) atoms. The van der Waals surface area contributed by atoms with Gasteiger partial charge in [0.2, 0.25) is 11.8 Å². The molecule has 0 radical (unpaired) electrons. The molecule has 1 aliphatic heterocycles. The van der Waals surface area contributed by atoms with Gasteiger partial charge in [-0.2, -0.15) is 0 Å². The van der Waals surface area contributed by atoms with Crippen LogP contribution in [0.1, 0.15) is 16.9 Å². The average molecular weight is 599 g/mol. The van der Waals surface area contributed by atoms with Gasteiger partial charge in [-0.1, -0.05) is 58.4 Å². The average Bonchev–Trinajstić information content (AvgIpc) is 3.34. The fourth-order valence-electron chi connectivity index (χ4n) is 4.19. The number of ether oxygens (including phenoxy) is 3. The molecule has 1 aromatic heterocycles. The highest BCUT2D eigenvalue weighted by molar-refractivity contribution is 9.10. The summed E-state index contributed by atoms with van der Waals surface area (Å²) in [7, 11) is 3.20. The molecule has 0 saturated heterocycles. The molecule has 7 nitrogen and oxygen atoms in total. The van der Waals surface area contributed by atoms with Gasteiger partial charge in [0.15, 0.2) is 23.0 Å². The van der Waals surface area contributed by atoms with Crippen LogP contribution in [-0.4, -0.2) is 32.6 Å². The maximum absolute atomic E-state index is 12.5. The Hall–Kier alpha value is -4.56. The number of hydrogen-bond acceptors (Lipinski definition) is 6. The SMILES string of the molecule is COc1ccc(CCNC(=O)/C=C/C=C2\OC(/C=C/c3ccccc3)=Nc3c2oc2ccc(Br)cc32)cc1OC. The number of carbonyl (C=O) groups is 1. The number of nitrogens with one attached hydrogen (secondary N) is 1. The van der Waals surface area contributed by atoms with Crippen molar-refractivity contribution in [2.45, 2.75) is 6.42 Å². The Morgan fingerprint density at radius 1 is 1.00 bits per heavy atom. The highest BCUT2D eigenvalue weighted by Crippen LogP contribution is 2.42. The quantitative estimate of drug-likeness (QED) is 0.205. The first-order chi connectivity index (χ1) is 19.5. The van der Waals surface area contributed by atoms with Crippen LogP contribution in [0.3, 0.4) is 0 Å². The van der Waals surface area contributed by atoms with Crippen molar-refractivity contribution in [2.24, 2.45) is 4.99 Å². The molecule has 1 aliphatic rings. The Morgan fingerprint density at radius 3 is 2.62 bits per heavy atom. The molecular weight excluding hydrogens is 572 g/mol. The van der Waals surface area contributed by atoms with Crippen LogP contribution in [0.4, 0.5) is 5.69 Å².